The number of rotatable bonds is 7. The van der Waals surface area contributed by atoms with Crippen LogP contribution in [-0.2, 0) is 6.54 Å². The van der Waals surface area contributed by atoms with E-state index in [0.29, 0.717) is 18.5 Å². The molecular weight excluding hydrogens is 244 g/mol. The van der Waals surface area contributed by atoms with E-state index in [1.807, 2.05) is 24.3 Å². The zero-order valence-corrected chi connectivity index (χ0v) is 11.1. The van der Waals surface area contributed by atoms with Gasteiger partial charge in [0.1, 0.15) is 5.75 Å². The molecule has 2 rings (SSSR count). The minimum Gasteiger partial charge on any atom is -0.495 e. The van der Waals surface area contributed by atoms with Crippen molar-refractivity contribution in [2.45, 2.75) is 19.9 Å². The van der Waals surface area contributed by atoms with Crippen molar-refractivity contribution in [2.75, 3.05) is 19.0 Å². The third-order valence-electron chi connectivity index (χ3n) is 2.52. The van der Waals surface area contributed by atoms with Crippen molar-refractivity contribution in [3.8, 4) is 5.75 Å². The first kappa shape index (κ1) is 13.4. The third kappa shape index (κ3) is 3.69. The lowest BCUT2D eigenvalue weighted by Crippen LogP contribution is -2.13. The molecule has 6 heteroatoms. The van der Waals surface area contributed by atoms with E-state index in [-0.39, 0.29) is 0 Å². The molecule has 1 heterocycles. The smallest absolute Gasteiger partial charge is 0.320 e. The van der Waals surface area contributed by atoms with E-state index >= 15 is 0 Å². The van der Waals surface area contributed by atoms with Crippen LogP contribution in [0, 0.1) is 0 Å². The Hall–Kier alpha value is -2.08. The van der Waals surface area contributed by atoms with Gasteiger partial charge in [-0.3, -0.25) is 0 Å². The first-order chi connectivity index (χ1) is 9.33. The van der Waals surface area contributed by atoms with Gasteiger partial charge in [-0.1, -0.05) is 24.2 Å². The summed E-state index contributed by atoms with van der Waals surface area (Å²) >= 11 is 0. The number of hydrogen-bond donors (Lipinski definition) is 2. The highest BCUT2D eigenvalue weighted by atomic mass is 16.5. The van der Waals surface area contributed by atoms with Crippen LogP contribution < -0.4 is 15.4 Å². The van der Waals surface area contributed by atoms with Crippen LogP contribution in [0.2, 0.25) is 0 Å². The standard InChI is InChI=1S/C13H18N4O2/c1-3-8-14-9-12-16-17-13(19-12)15-10-6-4-5-7-11(10)18-2/h4-7,14H,3,8-9H2,1-2H3,(H,15,17). The predicted octanol–water partition coefficient (Wildman–Crippen LogP) is 2.32. The van der Waals surface area contributed by atoms with E-state index in [4.69, 9.17) is 9.15 Å². The van der Waals surface area contributed by atoms with Crippen molar-refractivity contribution in [2.24, 2.45) is 0 Å². The largest absolute Gasteiger partial charge is 0.495 e. The fourth-order valence-corrected chi connectivity index (χ4v) is 1.61. The van der Waals surface area contributed by atoms with Crippen molar-refractivity contribution in [1.29, 1.82) is 0 Å². The Bertz CT molecular complexity index is 513. The van der Waals surface area contributed by atoms with Gasteiger partial charge in [-0.2, -0.15) is 0 Å². The number of ether oxygens (including phenoxy) is 1. The lowest BCUT2D eigenvalue weighted by Gasteiger charge is -2.06. The maximum atomic E-state index is 5.48. The van der Waals surface area contributed by atoms with E-state index < -0.39 is 0 Å². The van der Waals surface area contributed by atoms with Gasteiger partial charge in [0.15, 0.2) is 0 Å². The van der Waals surface area contributed by atoms with Crippen molar-refractivity contribution in [3.05, 3.63) is 30.2 Å². The first-order valence-electron chi connectivity index (χ1n) is 6.26. The summed E-state index contributed by atoms with van der Waals surface area (Å²) in [5.74, 6) is 1.29. The number of benzene rings is 1. The summed E-state index contributed by atoms with van der Waals surface area (Å²) in [6, 6.07) is 7.92. The number of aromatic nitrogens is 2. The molecule has 19 heavy (non-hydrogen) atoms. The Morgan fingerprint density at radius 2 is 2.11 bits per heavy atom. The number of anilines is 2. The molecule has 0 bridgehead atoms. The van der Waals surface area contributed by atoms with Crippen LogP contribution in [-0.4, -0.2) is 23.9 Å². The molecule has 0 atom stereocenters. The molecule has 0 aliphatic carbocycles. The quantitative estimate of drug-likeness (QED) is 0.746. The van der Waals surface area contributed by atoms with Gasteiger partial charge in [0.25, 0.3) is 0 Å². The Morgan fingerprint density at radius 3 is 2.89 bits per heavy atom. The van der Waals surface area contributed by atoms with Gasteiger partial charge in [-0.25, -0.2) is 0 Å². The van der Waals surface area contributed by atoms with E-state index in [9.17, 15) is 0 Å². The Kier molecular flexibility index (Phi) is 4.74. The maximum absolute atomic E-state index is 5.48. The van der Waals surface area contributed by atoms with Crippen molar-refractivity contribution < 1.29 is 9.15 Å². The topological polar surface area (TPSA) is 72.2 Å². The summed E-state index contributed by atoms with van der Waals surface area (Å²) in [6.07, 6.45) is 1.07. The highest BCUT2D eigenvalue weighted by molar-refractivity contribution is 5.61. The monoisotopic (exact) mass is 262 g/mol. The minimum atomic E-state index is 0.359. The number of para-hydroxylation sites is 2. The van der Waals surface area contributed by atoms with Gasteiger partial charge in [-0.05, 0) is 25.1 Å². The summed E-state index contributed by atoms with van der Waals surface area (Å²) in [6.45, 7) is 3.61. The predicted molar refractivity (Wildman–Crippen MR) is 72.6 cm³/mol. The molecule has 0 fully saturated rings. The molecule has 1 aromatic carbocycles. The van der Waals surface area contributed by atoms with E-state index in [2.05, 4.69) is 27.8 Å². The van der Waals surface area contributed by atoms with Gasteiger partial charge in [-0.15, -0.1) is 5.10 Å². The lowest BCUT2D eigenvalue weighted by molar-refractivity contribution is 0.416. The second-order valence-electron chi connectivity index (χ2n) is 4.00. The van der Waals surface area contributed by atoms with Crippen molar-refractivity contribution >= 4 is 11.7 Å². The molecule has 0 radical (unpaired) electrons. The van der Waals surface area contributed by atoms with Crippen molar-refractivity contribution in [1.82, 2.24) is 15.5 Å². The Balaban J connectivity index is 1.99. The number of nitrogens with one attached hydrogen (secondary N) is 2. The fraction of sp³-hybridized carbons (Fsp3) is 0.385. The van der Waals surface area contributed by atoms with E-state index in [1.165, 1.54) is 0 Å². The minimum absolute atomic E-state index is 0.359. The second-order valence-corrected chi connectivity index (χ2v) is 4.00. The zero-order valence-electron chi connectivity index (χ0n) is 11.1. The third-order valence-corrected chi connectivity index (χ3v) is 2.52. The van der Waals surface area contributed by atoms with Crippen LogP contribution in [0.3, 0.4) is 0 Å². The summed E-state index contributed by atoms with van der Waals surface area (Å²) in [5.41, 5.74) is 0.793. The second kappa shape index (κ2) is 6.75. The van der Waals surface area contributed by atoms with Crippen LogP contribution in [0.25, 0.3) is 0 Å². The van der Waals surface area contributed by atoms with Crippen LogP contribution >= 0.6 is 0 Å². The molecule has 1 aromatic heterocycles. The highest BCUT2D eigenvalue weighted by Crippen LogP contribution is 2.26. The summed E-state index contributed by atoms with van der Waals surface area (Å²) < 4.78 is 10.7. The molecule has 0 aliphatic rings. The number of hydrogen-bond acceptors (Lipinski definition) is 6. The average Bonchev–Trinajstić information content (AvgIpc) is 2.87. The van der Waals surface area contributed by atoms with Crippen LogP contribution in [0.1, 0.15) is 19.2 Å². The van der Waals surface area contributed by atoms with Gasteiger partial charge in [0.2, 0.25) is 5.89 Å². The lowest BCUT2D eigenvalue weighted by atomic mass is 10.3. The van der Waals surface area contributed by atoms with E-state index in [0.717, 1.165) is 24.4 Å². The SMILES string of the molecule is CCCNCc1nnc(Nc2ccccc2OC)o1. The van der Waals surface area contributed by atoms with Crippen molar-refractivity contribution in [3.63, 3.8) is 0 Å². The molecule has 2 N–H and O–H groups in total. The molecule has 2 aromatic rings. The first-order valence-corrected chi connectivity index (χ1v) is 6.26. The maximum Gasteiger partial charge on any atom is 0.320 e. The fourth-order valence-electron chi connectivity index (χ4n) is 1.61. The summed E-state index contributed by atoms with van der Waals surface area (Å²) in [5, 5.41) is 14.1. The van der Waals surface area contributed by atoms with Crippen LogP contribution in [0.15, 0.2) is 28.7 Å². The molecule has 0 unspecified atom stereocenters. The Morgan fingerprint density at radius 1 is 1.26 bits per heavy atom. The molecule has 0 amide bonds. The van der Waals surface area contributed by atoms with Gasteiger partial charge < -0.3 is 19.8 Å². The highest BCUT2D eigenvalue weighted by Gasteiger charge is 2.08. The molecular formula is C13H18N4O2. The number of nitrogens with zero attached hydrogens (tertiary/aromatic N) is 2. The molecule has 0 saturated heterocycles. The van der Waals surface area contributed by atoms with Gasteiger partial charge in [0, 0.05) is 0 Å². The van der Waals surface area contributed by atoms with E-state index in [1.54, 1.807) is 7.11 Å². The number of methoxy groups -OCH3 is 1. The molecule has 0 saturated carbocycles. The normalized spacial score (nSPS) is 10.4. The van der Waals surface area contributed by atoms with Crippen LogP contribution in [0.4, 0.5) is 11.7 Å². The zero-order chi connectivity index (χ0) is 13.5. The molecule has 102 valence electrons. The van der Waals surface area contributed by atoms with Gasteiger partial charge >= 0.3 is 6.01 Å². The van der Waals surface area contributed by atoms with Gasteiger partial charge in [0.05, 0.1) is 19.3 Å². The summed E-state index contributed by atoms with van der Waals surface area (Å²) in [7, 11) is 1.62. The Labute approximate surface area is 112 Å². The average molecular weight is 262 g/mol. The summed E-state index contributed by atoms with van der Waals surface area (Å²) in [4.78, 5) is 0. The molecule has 6 nitrogen and oxygen atoms in total. The van der Waals surface area contributed by atoms with Crippen LogP contribution in [0.5, 0.6) is 5.75 Å². The molecule has 0 spiro atoms. The molecule has 0 aliphatic heterocycles.